The minimum atomic E-state index is -0.442. The van der Waals surface area contributed by atoms with Crippen LogP contribution in [0.3, 0.4) is 0 Å². The van der Waals surface area contributed by atoms with Gasteiger partial charge in [0.2, 0.25) is 6.10 Å². The molecule has 1 aromatic carbocycles. The number of benzene rings is 1. The van der Waals surface area contributed by atoms with Gasteiger partial charge in [0.05, 0.1) is 12.8 Å². The molecule has 0 N–H and O–H groups in total. The summed E-state index contributed by atoms with van der Waals surface area (Å²) >= 11 is 0. The third kappa shape index (κ3) is 1.91. The molecule has 15 heavy (non-hydrogen) atoms. The number of methoxy groups -OCH3 is 1. The molecule has 1 atom stereocenters. The number of nitrogens with zero attached hydrogens (tertiary/aromatic N) is 2. The predicted molar refractivity (Wildman–Crippen MR) is 54.6 cm³/mol. The molecule has 0 fully saturated rings. The molecular formula is C11H10N2O2. The maximum absolute atomic E-state index is 8.64. The summed E-state index contributed by atoms with van der Waals surface area (Å²) in [5.74, 6) is 0.801. The van der Waals surface area contributed by atoms with Gasteiger partial charge < -0.3 is 9.57 Å². The molecule has 1 aliphatic heterocycles. The highest BCUT2D eigenvalue weighted by molar-refractivity contribution is 6.01. The second-order valence-electron chi connectivity index (χ2n) is 3.19. The minimum absolute atomic E-state index is 0.442. The fourth-order valence-electron chi connectivity index (χ4n) is 1.40. The predicted octanol–water partition coefficient (Wildman–Crippen LogP) is 1.71. The molecule has 1 heterocycles. The topological polar surface area (TPSA) is 54.6 Å². The van der Waals surface area contributed by atoms with Crippen LogP contribution in [0.25, 0.3) is 0 Å². The maximum atomic E-state index is 8.64. The van der Waals surface area contributed by atoms with Gasteiger partial charge in [0.15, 0.2) is 0 Å². The number of oxime groups is 1. The molecule has 0 amide bonds. The van der Waals surface area contributed by atoms with Crippen molar-refractivity contribution in [3.63, 3.8) is 0 Å². The van der Waals surface area contributed by atoms with Gasteiger partial charge in [0.25, 0.3) is 0 Å². The van der Waals surface area contributed by atoms with Gasteiger partial charge in [0.1, 0.15) is 11.8 Å². The molecule has 0 radical (unpaired) electrons. The lowest BCUT2D eigenvalue weighted by molar-refractivity contribution is 0.125. The Balaban J connectivity index is 2.15. The van der Waals surface area contributed by atoms with Crippen LogP contribution in [0.1, 0.15) is 12.0 Å². The van der Waals surface area contributed by atoms with E-state index in [1.807, 2.05) is 30.3 Å². The molecule has 4 heteroatoms. The van der Waals surface area contributed by atoms with E-state index in [1.165, 1.54) is 0 Å². The molecular weight excluding hydrogens is 192 g/mol. The van der Waals surface area contributed by atoms with E-state index in [9.17, 15) is 0 Å². The Morgan fingerprint density at radius 3 is 2.73 bits per heavy atom. The molecule has 1 aliphatic rings. The van der Waals surface area contributed by atoms with Crippen molar-refractivity contribution >= 4 is 5.71 Å². The Labute approximate surface area is 87.7 Å². The van der Waals surface area contributed by atoms with Crippen molar-refractivity contribution < 1.29 is 9.57 Å². The normalized spacial score (nSPS) is 18.9. The van der Waals surface area contributed by atoms with E-state index >= 15 is 0 Å². The Morgan fingerprint density at radius 2 is 2.20 bits per heavy atom. The van der Waals surface area contributed by atoms with Crippen LogP contribution in [-0.4, -0.2) is 18.9 Å². The van der Waals surface area contributed by atoms with Crippen LogP contribution in [0, 0.1) is 11.3 Å². The Morgan fingerprint density at radius 1 is 1.47 bits per heavy atom. The van der Waals surface area contributed by atoms with Crippen molar-refractivity contribution in [1.82, 2.24) is 0 Å². The SMILES string of the molecule is COc1ccc(C2=NO[C@@H](C#N)C2)cc1. The molecule has 1 aromatic rings. The minimum Gasteiger partial charge on any atom is -0.497 e. The summed E-state index contributed by atoms with van der Waals surface area (Å²) in [6.07, 6.45) is 0.102. The molecule has 0 spiro atoms. The molecule has 76 valence electrons. The van der Waals surface area contributed by atoms with Gasteiger partial charge in [0, 0.05) is 6.42 Å². The third-order valence-electron chi connectivity index (χ3n) is 2.24. The quantitative estimate of drug-likeness (QED) is 0.733. The Hall–Kier alpha value is -2.02. The summed E-state index contributed by atoms with van der Waals surface area (Å²) in [5, 5.41) is 12.5. The number of nitriles is 1. The highest BCUT2D eigenvalue weighted by atomic mass is 16.6. The van der Waals surface area contributed by atoms with Crippen molar-refractivity contribution in [3.05, 3.63) is 29.8 Å². The third-order valence-corrected chi connectivity index (χ3v) is 2.24. The van der Waals surface area contributed by atoms with Crippen molar-refractivity contribution in [2.45, 2.75) is 12.5 Å². The van der Waals surface area contributed by atoms with Gasteiger partial charge in [-0.15, -0.1) is 0 Å². The smallest absolute Gasteiger partial charge is 0.218 e. The van der Waals surface area contributed by atoms with E-state index in [0.717, 1.165) is 17.0 Å². The van der Waals surface area contributed by atoms with Crippen LogP contribution in [0.4, 0.5) is 0 Å². The first-order valence-electron chi connectivity index (χ1n) is 4.60. The number of rotatable bonds is 2. The first kappa shape index (κ1) is 9.53. The fourth-order valence-corrected chi connectivity index (χ4v) is 1.40. The summed E-state index contributed by atoms with van der Waals surface area (Å²) < 4.78 is 5.05. The average Bonchev–Trinajstić information content (AvgIpc) is 2.78. The average molecular weight is 202 g/mol. The van der Waals surface area contributed by atoms with E-state index in [1.54, 1.807) is 7.11 Å². The summed E-state index contributed by atoms with van der Waals surface area (Å²) in [4.78, 5) is 4.92. The van der Waals surface area contributed by atoms with Crippen LogP contribution in [-0.2, 0) is 4.84 Å². The molecule has 4 nitrogen and oxygen atoms in total. The van der Waals surface area contributed by atoms with Crippen LogP contribution >= 0.6 is 0 Å². The standard InChI is InChI=1S/C11H10N2O2/c1-14-9-4-2-8(3-5-9)11-6-10(7-12)15-13-11/h2-5,10H,6H2,1H3/t10-/m1/s1. The lowest BCUT2D eigenvalue weighted by Crippen LogP contribution is -2.04. The van der Waals surface area contributed by atoms with Crippen molar-refractivity contribution in [1.29, 1.82) is 5.26 Å². The van der Waals surface area contributed by atoms with Gasteiger partial charge in [-0.25, -0.2) is 0 Å². The Kier molecular flexibility index (Phi) is 2.55. The lowest BCUT2D eigenvalue weighted by Gasteiger charge is -2.01. The van der Waals surface area contributed by atoms with E-state index < -0.39 is 6.10 Å². The van der Waals surface area contributed by atoms with Gasteiger partial charge in [-0.05, 0) is 29.8 Å². The molecule has 0 aliphatic carbocycles. The summed E-state index contributed by atoms with van der Waals surface area (Å²) in [6, 6.07) is 9.55. The highest BCUT2D eigenvalue weighted by Gasteiger charge is 2.21. The van der Waals surface area contributed by atoms with Crippen LogP contribution < -0.4 is 4.74 Å². The van der Waals surface area contributed by atoms with Gasteiger partial charge >= 0.3 is 0 Å². The van der Waals surface area contributed by atoms with Gasteiger partial charge in [-0.3, -0.25) is 0 Å². The number of hydrogen-bond acceptors (Lipinski definition) is 4. The van der Waals surface area contributed by atoms with E-state index in [4.69, 9.17) is 14.8 Å². The van der Waals surface area contributed by atoms with Crippen LogP contribution in [0.15, 0.2) is 29.4 Å². The molecule has 2 rings (SSSR count). The molecule has 0 saturated carbocycles. The summed E-state index contributed by atoms with van der Waals surface area (Å²) in [6.45, 7) is 0. The van der Waals surface area contributed by atoms with Crippen LogP contribution in [0.2, 0.25) is 0 Å². The summed E-state index contributed by atoms with van der Waals surface area (Å²) in [5.41, 5.74) is 1.78. The van der Waals surface area contributed by atoms with Gasteiger partial charge in [-0.2, -0.15) is 5.26 Å². The largest absolute Gasteiger partial charge is 0.497 e. The summed E-state index contributed by atoms with van der Waals surface area (Å²) in [7, 11) is 1.62. The second-order valence-corrected chi connectivity index (χ2v) is 3.19. The molecule has 0 unspecified atom stereocenters. The maximum Gasteiger partial charge on any atom is 0.218 e. The van der Waals surface area contributed by atoms with Crippen molar-refractivity contribution in [2.24, 2.45) is 5.16 Å². The van der Waals surface area contributed by atoms with Gasteiger partial charge in [-0.1, -0.05) is 5.16 Å². The number of ether oxygens (including phenoxy) is 1. The number of hydrogen-bond donors (Lipinski definition) is 0. The van der Waals surface area contributed by atoms with E-state index in [-0.39, 0.29) is 0 Å². The molecule has 0 aromatic heterocycles. The zero-order valence-electron chi connectivity index (χ0n) is 8.30. The van der Waals surface area contributed by atoms with Crippen molar-refractivity contribution in [3.8, 4) is 11.8 Å². The lowest BCUT2D eigenvalue weighted by atomic mass is 10.1. The highest BCUT2D eigenvalue weighted by Crippen LogP contribution is 2.18. The fraction of sp³-hybridized carbons (Fsp3) is 0.273. The first-order valence-corrected chi connectivity index (χ1v) is 4.60. The second kappa shape index (κ2) is 4.01. The Bertz CT molecular complexity index is 417. The monoisotopic (exact) mass is 202 g/mol. The molecule has 0 saturated heterocycles. The zero-order chi connectivity index (χ0) is 10.7. The molecule has 0 bridgehead atoms. The first-order chi connectivity index (χ1) is 7.33. The zero-order valence-corrected chi connectivity index (χ0v) is 8.30. The van der Waals surface area contributed by atoms with Crippen molar-refractivity contribution in [2.75, 3.05) is 7.11 Å². The van der Waals surface area contributed by atoms with E-state index in [2.05, 4.69) is 5.16 Å². The van der Waals surface area contributed by atoms with E-state index in [0.29, 0.717) is 6.42 Å². The van der Waals surface area contributed by atoms with Crippen LogP contribution in [0.5, 0.6) is 5.75 Å².